The first-order valence-electron chi connectivity index (χ1n) is 9.92. The molecule has 0 radical (unpaired) electrons. The Balaban J connectivity index is 0.00000280. The van der Waals surface area contributed by atoms with Crippen LogP contribution in [0.3, 0.4) is 0 Å². The summed E-state index contributed by atoms with van der Waals surface area (Å²) < 4.78 is 11.4. The molecule has 8 heteroatoms. The predicted octanol–water partition coefficient (Wildman–Crippen LogP) is 2.34. The Bertz CT molecular complexity index is 635. The zero-order chi connectivity index (χ0) is 19.1. The van der Waals surface area contributed by atoms with Gasteiger partial charge in [-0.3, -0.25) is 4.99 Å². The summed E-state index contributed by atoms with van der Waals surface area (Å²) >= 11 is 0. The van der Waals surface area contributed by atoms with Crippen molar-refractivity contribution in [3.63, 3.8) is 0 Å². The van der Waals surface area contributed by atoms with Crippen LogP contribution in [0.1, 0.15) is 13.3 Å². The Morgan fingerprint density at radius 2 is 1.86 bits per heavy atom. The van der Waals surface area contributed by atoms with Gasteiger partial charge in [0.25, 0.3) is 0 Å². The van der Waals surface area contributed by atoms with Gasteiger partial charge in [-0.05, 0) is 25.1 Å². The third kappa shape index (κ3) is 6.97. The van der Waals surface area contributed by atoms with Crippen LogP contribution in [-0.2, 0) is 0 Å². The van der Waals surface area contributed by atoms with Crippen molar-refractivity contribution in [2.45, 2.75) is 13.3 Å². The van der Waals surface area contributed by atoms with Crippen LogP contribution in [-0.4, -0.2) is 82.3 Å². The first kappa shape index (κ1) is 23.0. The van der Waals surface area contributed by atoms with Crippen molar-refractivity contribution in [1.82, 2.24) is 15.1 Å². The minimum atomic E-state index is 0. The van der Waals surface area contributed by atoms with Crippen LogP contribution in [0.25, 0.3) is 0 Å². The maximum atomic E-state index is 5.76. The number of benzene rings is 1. The lowest BCUT2D eigenvalue weighted by atomic mass is 10.1. The van der Waals surface area contributed by atoms with Crippen molar-refractivity contribution in [3.05, 3.63) is 18.2 Å². The zero-order valence-electron chi connectivity index (χ0n) is 17.2. The number of piperazine rings is 1. The van der Waals surface area contributed by atoms with E-state index in [0.717, 1.165) is 68.8 Å². The van der Waals surface area contributed by atoms with E-state index in [-0.39, 0.29) is 24.0 Å². The van der Waals surface area contributed by atoms with Gasteiger partial charge in [-0.2, -0.15) is 0 Å². The summed E-state index contributed by atoms with van der Waals surface area (Å²) in [5.41, 5.74) is 0.944. The molecule has 7 nitrogen and oxygen atoms in total. The van der Waals surface area contributed by atoms with Crippen LogP contribution >= 0.6 is 24.0 Å². The highest BCUT2D eigenvalue weighted by molar-refractivity contribution is 14.0. The summed E-state index contributed by atoms with van der Waals surface area (Å²) in [6.07, 6.45) is 0.909. The van der Waals surface area contributed by atoms with E-state index in [0.29, 0.717) is 19.1 Å². The molecule has 28 heavy (non-hydrogen) atoms. The second-order valence-corrected chi connectivity index (χ2v) is 7.50. The number of anilines is 1. The number of ether oxygens (including phenoxy) is 2. The summed E-state index contributed by atoms with van der Waals surface area (Å²) in [6, 6.07) is 5.92. The van der Waals surface area contributed by atoms with Gasteiger partial charge in [0, 0.05) is 64.5 Å². The van der Waals surface area contributed by atoms with Gasteiger partial charge >= 0.3 is 0 Å². The van der Waals surface area contributed by atoms with E-state index in [4.69, 9.17) is 9.47 Å². The largest absolute Gasteiger partial charge is 0.490 e. The van der Waals surface area contributed by atoms with Gasteiger partial charge in [-0.15, -0.1) is 24.0 Å². The lowest BCUT2D eigenvalue weighted by Gasteiger charge is -2.34. The molecule has 1 aromatic rings. The molecule has 0 aliphatic carbocycles. The second-order valence-electron chi connectivity index (χ2n) is 7.50. The molecule has 2 N–H and O–H groups in total. The number of aliphatic imine (C=N–C) groups is 1. The average molecular weight is 503 g/mol. The van der Waals surface area contributed by atoms with Crippen LogP contribution < -0.4 is 20.1 Å². The molecule has 0 saturated carbocycles. The number of likely N-dealkylation sites (N-methyl/N-ethyl adjacent to an activating group) is 1. The molecule has 1 fully saturated rings. The molecule has 1 unspecified atom stereocenters. The van der Waals surface area contributed by atoms with E-state index in [1.54, 1.807) is 7.05 Å². The maximum absolute atomic E-state index is 5.76. The lowest BCUT2D eigenvalue weighted by Crippen LogP contribution is -2.47. The molecule has 2 aliphatic rings. The van der Waals surface area contributed by atoms with Gasteiger partial charge in [0.2, 0.25) is 0 Å². The number of nitrogens with zero attached hydrogens (tertiary/aromatic N) is 3. The summed E-state index contributed by atoms with van der Waals surface area (Å²) in [5.74, 6) is 2.92. The fraction of sp³-hybridized carbons (Fsp3) is 0.650. The van der Waals surface area contributed by atoms with Crippen LogP contribution in [0.2, 0.25) is 0 Å². The van der Waals surface area contributed by atoms with Gasteiger partial charge in [0.1, 0.15) is 0 Å². The number of rotatable bonds is 5. The van der Waals surface area contributed by atoms with Crippen LogP contribution in [0.4, 0.5) is 5.69 Å². The Morgan fingerprint density at radius 1 is 1.14 bits per heavy atom. The van der Waals surface area contributed by atoms with Crippen molar-refractivity contribution in [2.75, 3.05) is 71.9 Å². The predicted molar refractivity (Wildman–Crippen MR) is 126 cm³/mol. The Labute approximate surface area is 185 Å². The minimum Gasteiger partial charge on any atom is -0.490 e. The number of halogens is 1. The van der Waals surface area contributed by atoms with Crippen LogP contribution in [0.5, 0.6) is 11.5 Å². The standard InChI is InChI=1S/C20H33N5O2.HI/c1-16(15-25-9-7-24(3)8-10-25)14-22-20(21-2)23-17-5-6-18-19(13-17)27-12-4-11-26-18;/h5-6,13,16H,4,7-12,14-15H2,1-3H3,(H2,21,22,23);1H. The highest BCUT2D eigenvalue weighted by atomic mass is 127. The summed E-state index contributed by atoms with van der Waals surface area (Å²) in [7, 11) is 3.99. The van der Waals surface area contributed by atoms with Gasteiger partial charge in [-0.1, -0.05) is 6.92 Å². The normalized spacial score (nSPS) is 19.3. The van der Waals surface area contributed by atoms with Gasteiger partial charge in [-0.25, -0.2) is 0 Å². The quantitative estimate of drug-likeness (QED) is 0.366. The maximum Gasteiger partial charge on any atom is 0.195 e. The van der Waals surface area contributed by atoms with Crippen molar-refractivity contribution < 1.29 is 9.47 Å². The van der Waals surface area contributed by atoms with Crippen molar-refractivity contribution in [1.29, 1.82) is 0 Å². The fourth-order valence-electron chi connectivity index (χ4n) is 3.36. The number of hydrogen-bond acceptors (Lipinski definition) is 5. The van der Waals surface area contributed by atoms with E-state index in [1.807, 2.05) is 18.2 Å². The molecule has 2 aliphatic heterocycles. The van der Waals surface area contributed by atoms with E-state index in [1.165, 1.54) is 0 Å². The number of guanidine groups is 1. The fourth-order valence-corrected chi connectivity index (χ4v) is 3.36. The summed E-state index contributed by atoms with van der Waals surface area (Å²) in [6.45, 7) is 10.3. The van der Waals surface area contributed by atoms with E-state index in [9.17, 15) is 0 Å². The summed E-state index contributed by atoms with van der Waals surface area (Å²) in [5, 5.41) is 6.79. The SMILES string of the molecule is CN=C(NCC(C)CN1CCN(C)CC1)Nc1ccc2c(c1)OCCCO2.I. The molecule has 1 atom stereocenters. The first-order chi connectivity index (χ1) is 13.1. The third-order valence-electron chi connectivity index (χ3n) is 5.02. The van der Waals surface area contributed by atoms with E-state index < -0.39 is 0 Å². The number of fused-ring (bicyclic) bond motifs is 1. The molecule has 0 spiro atoms. The molecule has 0 bridgehead atoms. The van der Waals surface area contributed by atoms with Crippen molar-refractivity contribution >= 4 is 35.6 Å². The monoisotopic (exact) mass is 503 g/mol. The molecular formula is C20H34IN5O2. The van der Waals surface area contributed by atoms with E-state index in [2.05, 4.69) is 39.4 Å². The highest BCUT2D eigenvalue weighted by Crippen LogP contribution is 2.32. The van der Waals surface area contributed by atoms with Crippen LogP contribution in [0, 0.1) is 5.92 Å². The van der Waals surface area contributed by atoms with Gasteiger partial charge in [0.05, 0.1) is 13.2 Å². The third-order valence-corrected chi connectivity index (χ3v) is 5.02. The molecule has 1 aromatic carbocycles. The Morgan fingerprint density at radius 3 is 2.57 bits per heavy atom. The Kier molecular flexibility index (Phi) is 9.60. The van der Waals surface area contributed by atoms with Gasteiger partial charge < -0.3 is 29.9 Å². The number of hydrogen-bond donors (Lipinski definition) is 2. The zero-order valence-corrected chi connectivity index (χ0v) is 19.6. The lowest BCUT2D eigenvalue weighted by molar-refractivity contribution is 0.139. The molecule has 158 valence electrons. The van der Waals surface area contributed by atoms with Crippen molar-refractivity contribution in [3.8, 4) is 11.5 Å². The minimum absolute atomic E-state index is 0. The highest BCUT2D eigenvalue weighted by Gasteiger charge is 2.16. The molecule has 0 amide bonds. The smallest absolute Gasteiger partial charge is 0.195 e. The molecule has 2 heterocycles. The number of nitrogens with one attached hydrogen (secondary N) is 2. The molecule has 1 saturated heterocycles. The summed E-state index contributed by atoms with van der Waals surface area (Å²) in [4.78, 5) is 9.28. The van der Waals surface area contributed by atoms with Gasteiger partial charge in [0.15, 0.2) is 17.5 Å². The van der Waals surface area contributed by atoms with Crippen LogP contribution in [0.15, 0.2) is 23.2 Å². The second kappa shape index (κ2) is 11.7. The first-order valence-corrected chi connectivity index (χ1v) is 9.92. The average Bonchev–Trinajstić information content (AvgIpc) is 2.92. The van der Waals surface area contributed by atoms with Crippen molar-refractivity contribution in [2.24, 2.45) is 10.9 Å². The Hall–Kier alpha value is -1.26. The van der Waals surface area contributed by atoms with E-state index >= 15 is 0 Å². The molecule has 3 rings (SSSR count). The molecule has 0 aromatic heterocycles. The molecular weight excluding hydrogens is 469 g/mol. The topological polar surface area (TPSA) is 61.4 Å².